The Morgan fingerprint density at radius 3 is 2.46 bits per heavy atom. The molecular weight excluding hydrogens is 348 g/mol. The summed E-state index contributed by atoms with van der Waals surface area (Å²) in [6, 6.07) is 15.7. The van der Waals surface area contributed by atoms with Gasteiger partial charge in [0.05, 0.1) is 17.4 Å². The number of hydrogen-bond donors (Lipinski definition) is 1. The van der Waals surface area contributed by atoms with Crippen molar-refractivity contribution < 1.29 is 9.53 Å². The van der Waals surface area contributed by atoms with E-state index in [2.05, 4.69) is 44.1 Å². The molecule has 0 aliphatic heterocycles. The Morgan fingerprint density at radius 2 is 1.68 bits per heavy atom. The second kappa shape index (κ2) is 6.62. The van der Waals surface area contributed by atoms with E-state index in [4.69, 9.17) is 4.74 Å². The highest BCUT2D eigenvalue weighted by Crippen LogP contribution is 2.46. The predicted octanol–water partition coefficient (Wildman–Crippen LogP) is 6.19. The molecule has 28 heavy (non-hydrogen) atoms. The lowest BCUT2D eigenvalue weighted by Crippen LogP contribution is -2.33. The van der Waals surface area contributed by atoms with E-state index in [1.54, 1.807) is 6.20 Å². The largest absolute Gasteiger partial charge is 0.417 e. The quantitative estimate of drug-likeness (QED) is 0.581. The highest BCUT2D eigenvalue weighted by atomic mass is 16.6. The van der Waals surface area contributed by atoms with E-state index in [9.17, 15) is 4.79 Å². The van der Waals surface area contributed by atoms with Crippen LogP contribution in [0.3, 0.4) is 0 Å². The molecule has 0 spiro atoms. The molecule has 0 radical (unpaired) electrons. The Morgan fingerprint density at radius 1 is 0.964 bits per heavy atom. The van der Waals surface area contributed by atoms with Crippen molar-refractivity contribution in [3.8, 4) is 5.75 Å². The van der Waals surface area contributed by atoms with Crippen LogP contribution in [0.2, 0.25) is 0 Å². The van der Waals surface area contributed by atoms with Gasteiger partial charge in [-0.2, -0.15) is 0 Å². The standard InChI is InChI=1S/C24H26N2O2/c1-23(2)11-12-24(3,4)20-14-18(9-10-19(20)23)28-22(27)26-17-13-16-7-5-6-8-21(16)25-15-17/h5-10,13-15H,11-12H2,1-4H3,(H,26,27). The Bertz CT molecular complexity index is 1050. The van der Waals surface area contributed by atoms with E-state index in [0.717, 1.165) is 23.7 Å². The third kappa shape index (κ3) is 3.47. The first-order chi connectivity index (χ1) is 13.2. The third-order valence-electron chi connectivity index (χ3n) is 5.87. The Labute approximate surface area is 165 Å². The number of ether oxygens (including phenoxy) is 1. The van der Waals surface area contributed by atoms with Crippen LogP contribution in [0.1, 0.15) is 51.7 Å². The number of hydrogen-bond acceptors (Lipinski definition) is 3. The summed E-state index contributed by atoms with van der Waals surface area (Å²) in [5, 5.41) is 3.75. The molecule has 1 heterocycles. The van der Waals surface area contributed by atoms with Crippen LogP contribution in [0.25, 0.3) is 10.9 Å². The van der Waals surface area contributed by atoms with Crippen molar-refractivity contribution in [3.63, 3.8) is 0 Å². The Balaban J connectivity index is 1.54. The summed E-state index contributed by atoms with van der Waals surface area (Å²) in [5.74, 6) is 0.566. The van der Waals surface area contributed by atoms with Crippen LogP contribution in [0.4, 0.5) is 10.5 Å². The minimum atomic E-state index is -0.509. The van der Waals surface area contributed by atoms with Crippen molar-refractivity contribution in [3.05, 3.63) is 65.9 Å². The molecule has 1 aliphatic rings. The maximum absolute atomic E-state index is 12.4. The molecule has 0 saturated carbocycles. The van der Waals surface area contributed by atoms with Crippen molar-refractivity contribution in [1.29, 1.82) is 0 Å². The van der Waals surface area contributed by atoms with Crippen LogP contribution >= 0.6 is 0 Å². The fraction of sp³-hybridized carbons (Fsp3) is 0.333. The molecule has 1 aliphatic carbocycles. The van der Waals surface area contributed by atoms with Gasteiger partial charge in [0.25, 0.3) is 0 Å². The summed E-state index contributed by atoms with van der Waals surface area (Å²) >= 11 is 0. The molecule has 3 aromatic rings. The number of nitrogens with zero attached hydrogens (tertiary/aromatic N) is 1. The van der Waals surface area contributed by atoms with Gasteiger partial charge < -0.3 is 4.74 Å². The van der Waals surface area contributed by atoms with Crippen molar-refractivity contribution in [2.75, 3.05) is 5.32 Å². The summed E-state index contributed by atoms with van der Waals surface area (Å²) in [4.78, 5) is 16.8. The normalized spacial score (nSPS) is 17.0. The van der Waals surface area contributed by atoms with Gasteiger partial charge in [0.2, 0.25) is 0 Å². The fourth-order valence-electron chi connectivity index (χ4n) is 4.02. The highest BCUT2D eigenvalue weighted by molar-refractivity contribution is 5.90. The minimum absolute atomic E-state index is 0.0724. The lowest BCUT2D eigenvalue weighted by Gasteiger charge is -2.41. The van der Waals surface area contributed by atoms with Crippen LogP contribution in [-0.4, -0.2) is 11.1 Å². The molecular formula is C24H26N2O2. The molecule has 1 N–H and O–H groups in total. The molecule has 4 rings (SSSR count). The number of benzene rings is 2. The summed E-state index contributed by atoms with van der Waals surface area (Å²) in [6.07, 6.45) is 3.40. The number of pyridine rings is 1. The van der Waals surface area contributed by atoms with Crippen LogP contribution in [0, 0.1) is 0 Å². The maximum atomic E-state index is 12.4. The van der Waals surface area contributed by atoms with Crippen molar-refractivity contribution in [2.45, 2.75) is 51.4 Å². The van der Waals surface area contributed by atoms with E-state index in [1.807, 2.05) is 42.5 Å². The lowest BCUT2D eigenvalue weighted by molar-refractivity contribution is 0.215. The fourth-order valence-corrected chi connectivity index (χ4v) is 4.02. The number of aromatic nitrogens is 1. The van der Waals surface area contributed by atoms with Crippen LogP contribution in [0.5, 0.6) is 5.75 Å². The summed E-state index contributed by atoms with van der Waals surface area (Å²) < 4.78 is 5.58. The number of amides is 1. The zero-order valence-corrected chi connectivity index (χ0v) is 16.9. The van der Waals surface area contributed by atoms with Gasteiger partial charge in [0.15, 0.2) is 0 Å². The van der Waals surface area contributed by atoms with Gasteiger partial charge in [0.1, 0.15) is 5.75 Å². The number of anilines is 1. The molecule has 0 atom stereocenters. The summed E-state index contributed by atoms with van der Waals surface area (Å²) in [7, 11) is 0. The average molecular weight is 374 g/mol. The first kappa shape index (κ1) is 18.5. The molecule has 1 aromatic heterocycles. The monoisotopic (exact) mass is 374 g/mol. The second-order valence-electron chi connectivity index (χ2n) is 8.91. The number of rotatable bonds is 2. The van der Waals surface area contributed by atoms with Crippen LogP contribution < -0.4 is 10.1 Å². The van der Waals surface area contributed by atoms with E-state index in [0.29, 0.717) is 11.4 Å². The van der Waals surface area contributed by atoms with Gasteiger partial charge in [-0.05, 0) is 59.1 Å². The Hall–Kier alpha value is -2.88. The van der Waals surface area contributed by atoms with E-state index in [-0.39, 0.29) is 10.8 Å². The predicted molar refractivity (Wildman–Crippen MR) is 113 cm³/mol. The summed E-state index contributed by atoms with van der Waals surface area (Å²) in [5.41, 5.74) is 4.33. The van der Waals surface area contributed by atoms with Crippen molar-refractivity contribution >= 4 is 22.7 Å². The minimum Gasteiger partial charge on any atom is -0.410 e. The molecule has 0 bridgehead atoms. The molecule has 0 saturated heterocycles. The zero-order valence-electron chi connectivity index (χ0n) is 16.9. The Kier molecular flexibility index (Phi) is 4.37. The molecule has 0 unspecified atom stereocenters. The van der Waals surface area contributed by atoms with Gasteiger partial charge in [0, 0.05) is 5.39 Å². The molecule has 1 amide bonds. The van der Waals surface area contributed by atoms with Crippen molar-refractivity contribution in [1.82, 2.24) is 4.98 Å². The first-order valence-corrected chi connectivity index (χ1v) is 9.73. The smallest absolute Gasteiger partial charge is 0.410 e. The average Bonchev–Trinajstić information content (AvgIpc) is 2.65. The van der Waals surface area contributed by atoms with E-state index in [1.165, 1.54) is 11.1 Å². The van der Waals surface area contributed by atoms with E-state index >= 15 is 0 Å². The molecule has 4 heteroatoms. The zero-order chi connectivity index (χ0) is 19.9. The van der Waals surface area contributed by atoms with Gasteiger partial charge >= 0.3 is 6.09 Å². The third-order valence-corrected chi connectivity index (χ3v) is 5.87. The van der Waals surface area contributed by atoms with Gasteiger partial charge in [-0.15, -0.1) is 0 Å². The van der Waals surface area contributed by atoms with Gasteiger partial charge in [-0.25, -0.2) is 4.79 Å². The number of fused-ring (bicyclic) bond motifs is 2. The van der Waals surface area contributed by atoms with Gasteiger partial charge in [-0.3, -0.25) is 10.3 Å². The SMILES string of the molecule is CC1(C)CCC(C)(C)c2cc(OC(=O)Nc3cnc4ccccc4c3)ccc21. The van der Waals surface area contributed by atoms with Gasteiger partial charge in [-0.1, -0.05) is 52.0 Å². The van der Waals surface area contributed by atoms with Crippen LogP contribution in [0.15, 0.2) is 54.7 Å². The number of carbonyl (C=O) groups excluding carboxylic acids is 1. The van der Waals surface area contributed by atoms with Crippen LogP contribution in [-0.2, 0) is 10.8 Å². The number of nitrogens with one attached hydrogen (secondary N) is 1. The molecule has 4 nitrogen and oxygen atoms in total. The number of para-hydroxylation sites is 1. The van der Waals surface area contributed by atoms with E-state index < -0.39 is 6.09 Å². The highest BCUT2D eigenvalue weighted by Gasteiger charge is 2.37. The summed E-state index contributed by atoms with van der Waals surface area (Å²) in [6.45, 7) is 9.07. The maximum Gasteiger partial charge on any atom is 0.417 e. The lowest BCUT2D eigenvalue weighted by atomic mass is 9.63. The molecule has 0 fully saturated rings. The van der Waals surface area contributed by atoms with Crippen molar-refractivity contribution in [2.24, 2.45) is 0 Å². The number of carbonyl (C=O) groups is 1. The molecule has 2 aromatic carbocycles. The topological polar surface area (TPSA) is 51.2 Å². The second-order valence-corrected chi connectivity index (χ2v) is 8.91. The molecule has 144 valence electrons. The first-order valence-electron chi connectivity index (χ1n) is 9.73.